The molecule has 1 aromatic heterocycles. The minimum atomic E-state index is 0.712. The van der Waals surface area contributed by atoms with Crippen LogP contribution >= 0.6 is 0 Å². The van der Waals surface area contributed by atoms with Gasteiger partial charge in [0.1, 0.15) is 0 Å². The van der Waals surface area contributed by atoms with E-state index in [2.05, 4.69) is 24.9 Å². The van der Waals surface area contributed by atoms with Gasteiger partial charge < -0.3 is 0 Å². The van der Waals surface area contributed by atoms with Crippen molar-refractivity contribution in [2.75, 3.05) is 0 Å². The number of pyridine rings is 1. The molecule has 16 heavy (non-hydrogen) atoms. The topological polar surface area (TPSA) is 12.9 Å². The first-order valence-electron chi connectivity index (χ1n) is 6.73. The van der Waals surface area contributed by atoms with Crippen molar-refractivity contribution in [3.8, 4) is 0 Å². The van der Waals surface area contributed by atoms with E-state index in [9.17, 15) is 0 Å². The Kier molecular flexibility index (Phi) is 3.98. The van der Waals surface area contributed by atoms with Gasteiger partial charge in [0, 0.05) is 11.9 Å². The molecule has 0 saturated heterocycles. The van der Waals surface area contributed by atoms with Crippen molar-refractivity contribution >= 4 is 0 Å². The number of rotatable bonds is 2. The van der Waals surface area contributed by atoms with Crippen LogP contribution in [-0.4, -0.2) is 4.98 Å². The molecular weight excluding hydrogens is 194 g/mol. The zero-order valence-corrected chi connectivity index (χ0v) is 10.6. The molecule has 1 aliphatic carbocycles. The molecule has 1 heteroatoms. The van der Waals surface area contributed by atoms with Gasteiger partial charge in [-0.2, -0.15) is 0 Å². The lowest BCUT2D eigenvalue weighted by molar-refractivity contribution is 0.593. The second-order valence-corrected chi connectivity index (χ2v) is 5.41. The van der Waals surface area contributed by atoms with Gasteiger partial charge in [0.15, 0.2) is 0 Å². The molecule has 0 saturated carbocycles. The van der Waals surface area contributed by atoms with E-state index in [4.69, 9.17) is 0 Å². The molecule has 0 fully saturated rings. The van der Waals surface area contributed by atoms with Gasteiger partial charge >= 0.3 is 0 Å². The second kappa shape index (κ2) is 5.47. The first kappa shape index (κ1) is 11.6. The van der Waals surface area contributed by atoms with Gasteiger partial charge in [0.25, 0.3) is 0 Å². The molecule has 0 bridgehead atoms. The summed E-state index contributed by atoms with van der Waals surface area (Å²) in [4.78, 5) is 4.60. The van der Waals surface area contributed by atoms with E-state index < -0.39 is 0 Å². The Morgan fingerprint density at radius 1 is 1.12 bits per heavy atom. The number of nitrogens with zero attached hydrogens (tertiary/aromatic N) is 1. The zero-order valence-electron chi connectivity index (χ0n) is 10.6. The van der Waals surface area contributed by atoms with Gasteiger partial charge in [0.05, 0.1) is 0 Å². The van der Waals surface area contributed by atoms with Crippen molar-refractivity contribution in [3.05, 3.63) is 29.1 Å². The van der Waals surface area contributed by atoms with Gasteiger partial charge in [-0.1, -0.05) is 26.7 Å². The van der Waals surface area contributed by atoms with Crippen molar-refractivity contribution in [1.82, 2.24) is 4.98 Å². The second-order valence-electron chi connectivity index (χ2n) is 5.41. The largest absolute Gasteiger partial charge is 0.261 e. The molecule has 1 aromatic rings. The predicted molar refractivity (Wildman–Crippen MR) is 68.7 cm³/mol. The number of hydrogen-bond acceptors (Lipinski definition) is 1. The highest BCUT2D eigenvalue weighted by atomic mass is 14.7. The molecule has 0 aliphatic heterocycles. The molecule has 1 nitrogen and oxygen atoms in total. The van der Waals surface area contributed by atoms with Crippen LogP contribution in [0.25, 0.3) is 0 Å². The van der Waals surface area contributed by atoms with E-state index in [1.165, 1.54) is 44.2 Å². The quantitative estimate of drug-likeness (QED) is 0.731. The van der Waals surface area contributed by atoms with Crippen molar-refractivity contribution in [1.29, 1.82) is 0 Å². The van der Waals surface area contributed by atoms with E-state index in [1.54, 1.807) is 11.1 Å². The average molecular weight is 217 g/mol. The Hall–Kier alpha value is -0.850. The number of fused-ring (bicyclic) bond motifs is 1. The highest BCUT2D eigenvalue weighted by Gasteiger charge is 2.12. The van der Waals surface area contributed by atoms with Gasteiger partial charge in [-0.25, -0.2) is 0 Å². The van der Waals surface area contributed by atoms with Crippen LogP contribution in [0, 0.1) is 5.92 Å². The van der Waals surface area contributed by atoms with Crippen LogP contribution in [0.3, 0.4) is 0 Å². The van der Waals surface area contributed by atoms with Gasteiger partial charge in [-0.3, -0.25) is 4.98 Å². The SMILES string of the molecule is CC(C)Cc1nccc2c1CCCCCC2. The molecule has 88 valence electrons. The monoisotopic (exact) mass is 217 g/mol. The fourth-order valence-corrected chi connectivity index (χ4v) is 2.65. The molecule has 0 spiro atoms. The highest BCUT2D eigenvalue weighted by Crippen LogP contribution is 2.23. The Bertz CT molecular complexity index is 341. The van der Waals surface area contributed by atoms with Crippen molar-refractivity contribution in [2.24, 2.45) is 5.92 Å². The van der Waals surface area contributed by atoms with Crippen LogP contribution in [0.15, 0.2) is 12.3 Å². The third-order valence-electron chi connectivity index (χ3n) is 3.47. The molecule has 1 aliphatic rings. The summed E-state index contributed by atoms with van der Waals surface area (Å²) in [6.07, 6.45) is 11.2. The van der Waals surface area contributed by atoms with Crippen molar-refractivity contribution < 1.29 is 0 Å². The lowest BCUT2D eigenvalue weighted by atomic mass is 9.90. The van der Waals surface area contributed by atoms with Crippen LogP contribution in [-0.2, 0) is 19.3 Å². The molecule has 2 rings (SSSR count). The molecule has 0 aromatic carbocycles. The summed E-state index contributed by atoms with van der Waals surface area (Å²) < 4.78 is 0. The minimum Gasteiger partial charge on any atom is -0.261 e. The Morgan fingerprint density at radius 2 is 1.88 bits per heavy atom. The normalized spacial score (nSPS) is 16.7. The third-order valence-corrected chi connectivity index (χ3v) is 3.47. The summed E-state index contributed by atoms with van der Waals surface area (Å²) in [6.45, 7) is 4.56. The van der Waals surface area contributed by atoms with Gasteiger partial charge in [-0.15, -0.1) is 0 Å². The van der Waals surface area contributed by atoms with Gasteiger partial charge in [0.2, 0.25) is 0 Å². The van der Waals surface area contributed by atoms with Gasteiger partial charge in [-0.05, 0) is 55.2 Å². The predicted octanol–water partition coefficient (Wildman–Crippen LogP) is 3.94. The van der Waals surface area contributed by atoms with E-state index in [0.717, 1.165) is 6.42 Å². The lowest BCUT2D eigenvalue weighted by Gasteiger charge is -2.17. The fourth-order valence-electron chi connectivity index (χ4n) is 2.65. The van der Waals surface area contributed by atoms with E-state index >= 15 is 0 Å². The zero-order chi connectivity index (χ0) is 11.4. The summed E-state index contributed by atoms with van der Waals surface area (Å²) in [5.41, 5.74) is 4.52. The highest BCUT2D eigenvalue weighted by molar-refractivity contribution is 5.31. The van der Waals surface area contributed by atoms with Crippen LogP contribution in [0.2, 0.25) is 0 Å². The summed E-state index contributed by atoms with van der Waals surface area (Å²) in [6, 6.07) is 2.24. The Balaban J connectivity index is 2.27. The molecule has 1 heterocycles. The van der Waals surface area contributed by atoms with Crippen LogP contribution in [0.1, 0.15) is 56.4 Å². The first-order valence-corrected chi connectivity index (χ1v) is 6.73. The standard InChI is InChI=1S/C15H23N/c1-12(2)11-15-14-8-6-4-3-5-7-13(14)9-10-16-15/h9-10,12H,3-8,11H2,1-2H3. The fraction of sp³-hybridized carbons (Fsp3) is 0.667. The summed E-state index contributed by atoms with van der Waals surface area (Å²) >= 11 is 0. The third kappa shape index (κ3) is 2.84. The van der Waals surface area contributed by atoms with Crippen molar-refractivity contribution in [2.45, 2.75) is 58.8 Å². The smallest absolute Gasteiger partial charge is 0.0440 e. The Morgan fingerprint density at radius 3 is 2.62 bits per heavy atom. The van der Waals surface area contributed by atoms with E-state index in [-0.39, 0.29) is 0 Å². The van der Waals surface area contributed by atoms with E-state index in [1.807, 2.05) is 6.20 Å². The van der Waals surface area contributed by atoms with Crippen LogP contribution < -0.4 is 0 Å². The average Bonchev–Trinajstić information content (AvgIpc) is 2.18. The van der Waals surface area contributed by atoms with Crippen molar-refractivity contribution in [3.63, 3.8) is 0 Å². The molecule has 0 atom stereocenters. The molecule has 0 N–H and O–H groups in total. The molecule has 0 unspecified atom stereocenters. The minimum absolute atomic E-state index is 0.712. The summed E-state index contributed by atoms with van der Waals surface area (Å²) in [7, 11) is 0. The maximum atomic E-state index is 4.60. The summed E-state index contributed by atoms with van der Waals surface area (Å²) in [5.74, 6) is 0.712. The number of aromatic nitrogens is 1. The molecular formula is C15H23N. The maximum absolute atomic E-state index is 4.60. The van der Waals surface area contributed by atoms with Crippen LogP contribution in [0.5, 0.6) is 0 Å². The number of hydrogen-bond donors (Lipinski definition) is 0. The van der Waals surface area contributed by atoms with Crippen LogP contribution in [0.4, 0.5) is 0 Å². The first-order chi connectivity index (χ1) is 7.77. The number of aryl methyl sites for hydroxylation is 1. The lowest BCUT2D eigenvalue weighted by Crippen LogP contribution is -2.08. The maximum Gasteiger partial charge on any atom is 0.0440 e. The Labute approximate surface area is 99.3 Å². The summed E-state index contributed by atoms with van der Waals surface area (Å²) in [5, 5.41) is 0. The molecule has 0 amide bonds. The van der Waals surface area contributed by atoms with E-state index in [0.29, 0.717) is 5.92 Å². The molecule has 0 radical (unpaired) electrons.